The van der Waals surface area contributed by atoms with Crippen molar-refractivity contribution in [2.75, 3.05) is 13.7 Å². The normalized spacial score (nSPS) is 21.9. The van der Waals surface area contributed by atoms with E-state index in [1.165, 1.54) is 7.11 Å². The van der Waals surface area contributed by atoms with Gasteiger partial charge in [-0.2, -0.15) is 0 Å². The number of rotatable bonds is 4. The summed E-state index contributed by atoms with van der Waals surface area (Å²) >= 11 is 0. The van der Waals surface area contributed by atoms with Crippen molar-refractivity contribution in [2.24, 2.45) is 0 Å². The van der Waals surface area contributed by atoms with Gasteiger partial charge in [-0.05, 0) is 19.8 Å². The lowest BCUT2D eigenvalue weighted by Gasteiger charge is -2.30. The van der Waals surface area contributed by atoms with Crippen molar-refractivity contribution in [3.8, 4) is 0 Å². The van der Waals surface area contributed by atoms with E-state index in [2.05, 4.69) is 10.1 Å². The summed E-state index contributed by atoms with van der Waals surface area (Å²) in [7, 11) is 1.38. The fraction of sp³-hybridized carbons (Fsp3) is 0.900. The van der Waals surface area contributed by atoms with Crippen molar-refractivity contribution in [2.45, 2.75) is 44.2 Å². The minimum absolute atomic E-state index is 0.0916. The summed E-state index contributed by atoms with van der Waals surface area (Å²) in [5.74, 6) is -0.273. The van der Waals surface area contributed by atoms with E-state index in [9.17, 15) is 9.90 Å². The molecule has 0 amide bonds. The minimum Gasteiger partial charge on any atom is -0.468 e. The van der Waals surface area contributed by atoms with E-state index in [1.807, 2.05) is 0 Å². The molecule has 4 heteroatoms. The molecule has 82 valence electrons. The Hall–Kier alpha value is -0.610. The van der Waals surface area contributed by atoms with Crippen LogP contribution < -0.4 is 5.32 Å². The van der Waals surface area contributed by atoms with Gasteiger partial charge < -0.3 is 9.84 Å². The number of aliphatic hydroxyl groups excluding tert-OH is 1. The van der Waals surface area contributed by atoms with Crippen LogP contribution in [0.5, 0.6) is 0 Å². The van der Waals surface area contributed by atoms with Crippen LogP contribution in [0.4, 0.5) is 0 Å². The van der Waals surface area contributed by atoms with Crippen LogP contribution in [0.25, 0.3) is 0 Å². The predicted molar refractivity (Wildman–Crippen MR) is 52.9 cm³/mol. The lowest BCUT2D eigenvalue weighted by molar-refractivity contribution is -0.143. The molecule has 14 heavy (non-hydrogen) atoms. The Kier molecular flexibility index (Phi) is 3.89. The van der Waals surface area contributed by atoms with Crippen LogP contribution in [0.15, 0.2) is 0 Å². The molecular formula is C10H19NO3. The summed E-state index contributed by atoms with van der Waals surface area (Å²) in [6.45, 7) is 1.86. The fourth-order valence-electron chi connectivity index (χ4n) is 2.09. The van der Waals surface area contributed by atoms with Crippen LogP contribution in [0.3, 0.4) is 0 Å². The van der Waals surface area contributed by atoms with Gasteiger partial charge in [0.1, 0.15) is 6.04 Å². The van der Waals surface area contributed by atoms with Gasteiger partial charge in [-0.1, -0.05) is 12.8 Å². The van der Waals surface area contributed by atoms with Gasteiger partial charge in [-0.25, -0.2) is 0 Å². The van der Waals surface area contributed by atoms with Gasteiger partial charge >= 0.3 is 5.97 Å². The second-order valence-electron chi connectivity index (χ2n) is 4.03. The van der Waals surface area contributed by atoms with Crippen LogP contribution in [0.1, 0.15) is 32.6 Å². The van der Waals surface area contributed by atoms with Crippen molar-refractivity contribution in [1.29, 1.82) is 0 Å². The molecular weight excluding hydrogens is 182 g/mol. The van der Waals surface area contributed by atoms with Gasteiger partial charge in [0.25, 0.3) is 0 Å². The summed E-state index contributed by atoms with van der Waals surface area (Å²) < 4.78 is 4.63. The first kappa shape index (κ1) is 11.5. The van der Waals surface area contributed by atoms with Crippen LogP contribution >= 0.6 is 0 Å². The van der Waals surface area contributed by atoms with Gasteiger partial charge in [0, 0.05) is 5.54 Å². The molecule has 0 heterocycles. The Morgan fingerprint density at radius 3 is 2.57 bits per heavy atom. The lowest BCUT2D eigenvalue weighted by atomic mass is 9.98. The van der Waals surface area contributed by atoms with Crippen molar-refractivity contribution in [1.82, 2.24) is 5.32 Å². The molecule has 0 bridgehead atoms. The van der Waals surface area contributed by atoms with Crippen LogP contribution in [0.2, 0.25) is 0 Å². The Morgan fingerprint density at radius 2 is 2.14 bits per heavy atom. The number of nitrogens with one attached hydrogen (secondary N) is 1. The highest BCUT2D eigenvalue weighted by Gasteiger charge is 2.35. The van der Waals surface area contributed by atoms with Crippen molar-refractivity contribution in [3.63, 3.8) is 0 Å². The number of methoxy groups -OCH3 is 1. The molecule has 0 aromatic rings. The summed E-state index contributed by atoms with van der Waals surface area (Å²) in [5, 5.41) is 12.5. The van der Waals surface area contributed by atoms with E-state index in [0.29, 0.717) is 0 Å². The minimum atomic E-state index is -0.342. The highest BCUT2D eigenvalue weighted by Crippen LogP contribution is 2.29. The predicted octanol–water partition coefficient (Wildman–Crippen LogP) is 0.443. The van der Waals surface area contributed by atoms with Crippen molar-refractivity contribution < 1.29 is 14.6 Å². The van der Waals surface area contributed by atoms with Gasteiger partial charge in [0.05, 0.1) is 13.7 Å². The molecule has 0 aromatic carbocycles. The Balaban J connectivity index is 2.51. The summed E-state index contributed by atoms with van der Waals surface area (Å²) in [4.78, 5) is 11.2. The molecule has 1 aliphatic carbocycles. The molecule has 0 saturated heterocycles. The van der Waals surface area contributed by atoms with E-state index in [4.69, 9.17) is 0 Å². The maximum absolute atomic E-state index is 11.2. The maximum Gasteiger partial charge on any atom is 0.322 e. The van der Waals surface area contributed by atoms with E-state index in [-0.39, 0.29) is 24.2 Å². The fourth-order valence-corrected chi connectivity index (χ4v) is 2.09. The number of aliphatic hydroxyl groups is 1. The molecule has 0 spiro atoms. The number of carbonyl (C=O) groups excluding carboxylic acids is 1. The molecule has 0 radical (unpaired) electrons. The molecule has 1 aliphatic rings. The number of hydrogen-bond acceptors (Lipinski definition) is 4. The second kappa shape index (κ2) is 4.75. The smallest absolute Gasteiger partial charge is 0.322 e. The quantitative estimate of drug-likeness (QED) is 0.648. The average Bonchev–Trinajstić information content (AvgIpc) is 2.65. The molecule has 2 N–H and O–H groups in total. The summed E-state index contributed by atoms with van der Waals surface area (Å²) in [5.41, 5.74) is -0.256. The molecule has 4 nitrogen and oxygen atoms in total. The van der Waals surface area contributed by atoms with E-state index in [0.717, 1.165) is 25.7 Å². The van der Waals surface area contributed by atoms with Gasteiger partial charge in [0.15, 0.2) is 0 Å². The van der Waals surface area contributed by atoms with Gasteiger partial charge in [-0.3, -0.25) is 10.1 Å². The number of hydrogen-bond donors (Lipinski definition) is 2. The first-order valence-electron chi connectivity index (χ1n) is 5.10. The first-order chi connectivity index (χ1) is 6.63. The monoisotopic (exact) mass is 201 g/mol. The zero-order valence-electron chi connectivity index (χ0n) is 8.88. The largest absolute Gasteiger partial charge is 0.468 e. The Morgan fingerprint density at radius 1 is 1.57 bits per heavy atom. The zero-order valence-corrected chi connectivity index (χ0v) is 8.88. The third-order valence-corrected chi connectivity index (χ3v) is 2.94. The SMILES string of the molecule is COC(=O)[C@H](C)NC1(CO)CCCC1. The van der Waals surface area contributed by atoms with Crippen LogP contribution in [0, 0.1) is 0 Å². The topological polar surface area (TPSA) is 58.6 Å². The first-order valence-corrected chi connectivity index (χ1v) is 5.10. The van der Waals surface area contributed by atoms with Gasteiger partial charge in [0.2, 0.25) is 0 Å². The van der Waals surface area contributed by atoms with Crippen LogP contribution in [-0.4, -0.2) is 36.4 Å². The third-order valence-electron chi connectivity index (χ3n) is 2.94. The second-order valence-corrected chi connectivity index (χ2v) is 4.03. The number of ether oxygens (including phenoxy) is 1. The molecule has 1 saturated carbocycles. The number of carbonyl (C=O) groups is 1. The molecule has 1 rings (SSSR count). The number of esters is 1. The average molecular weight is 201 g/mol. The van der Waals surface area contributed by atoms with E-state index < -0.39 is 0 Å². The maximum atomic E-state index is 11.2. The van der Waals surface area contributed by atoms with Crippen molar-refractivity contribution >= 4 is 5.97 Å². The highest BCUT2D eigenvalue weighted by molar-refractivity contribution is 5.75. The summed E-state index contributed by atoms with van der Waals surface area (Å²) in [6, 6.07) is -0.342. The molecule has 1 fully saturated rings. The molecule has 0 aliphatic heterocycles. The lowest BCUT2D eigenvalue weighted by Crippen LogP contribution is -2.53. The molecule has 1 atom stereocenters. The van der Waals surface area contributed by atoms with Gasteiger partial charge in [-0.15, -0.1) is 0 Å². The Bertz CT molecular complexity index is 200. The highest BCUT2D eigenvalue weighted by atomic mass is 16.5. The molecule has 0 aromatic heterocycles. The standard InChI is InChI=1S/C10H19NO3/c1-8(9(13)14-2)11-10(7-12)5-3-4-6-10/h8,11-12H,3-7H2,1-2H3/t8-/m0/s1. The van der Waals surface area contributed by atoms with E-state index >= 15 is 0 Å². The Labute approximate surface area is 84.6 Å². The van der Waals surface area contributed by atoms with Crippen molar-refractivity contribution in [3.05, 3.63) is 0 Å². The van der Waals surface area contributed by atoms with Crippen LogP contribution in [-0.2, 0) is 9.53 Å². The third kappa shape index (κ3) is 2.45. The van der Waals surface area contributed by atoms with E-state index in [1.54, 1.807) is 6.92 Å². The summed E-state index contributed by atoms with van der Waals surface area (Å²) in [6.07, 6.45) is 4.10. The zero-order chi connectivity index (χ0) is 10.6. The molecule has 0 unspecified atom stereocenters.